The van der Waals surface area contributed by atoms with Crippen molar-refractivity contribution in [2.45, 2.75) is 20.3 Å². The molecule has 0 amide bonds. The summed E-state index contributed by atoms with van der Waals surface area (Å²) in [5.41, 5.74) is 2.84. The summed E-state index contributed by atoms with van der Waals surface area (Å²) in [7, 11) is 0. The fourth-order valence-corrected chi connectivity index (χ4v) is 3.47. The van der Waals surface area contributed by atoms with Crippen molar-refractivity contribution in [2.75, 3.05) is 11.9 Å². The number of ether oxygens (including phenoxy) is 1. The van der Waals surface area contributed by atoms with Crippen molar-refractivity contribution in [3.8, 4) is 0 Å². The van der Waals surface area contributed by atoms with Crippen LogP contribution in [0.4, 0.5) is 11.5 Å². The van der Waals surface area contributed by atoms with Crippen LogP contribution in [0.3, 0.4) is 0 Å². The van der Waals surface area contributed by atoms with E-state index in [-0.39, 0.29) is 12.4 Å². The topological polar surface area (TPSA) is 64.1 Å². The zero-order chi connectivity index (χ0) is 17.1. The maximum absolute atomic E-state index is 11.6. The summed E-state index contributed by atoms with van der Waals surface area (Å²) in [6, 6.07) is 7.76. The summed E-state index contributed by atoms with van der Waals surface area (Å²) >= 11 is 7.60. The number of carbonyl (C=O) groups excluding carboxylic acids is 1. The number of rotatable bonds is 5. The lowest BCUT2D eigenvalue weighted by Gasteiger charge is -2.11. The first-order valence-corrected chi connectivity index (χ1v) is 8.75. The minimum atomic E-state index is -0.221. The third-order valence-electron chi connectivity index (χ3n) is 3.54. The van der Waals surface area contributed by atoms with Crippen LogP contribution >= 0.6 is 22.9 Å². The standard InChI is InChI=1S/C17H16ClN3O2S/c1-3-23-14(22)9-11-4-5-13(10(2)8-11)19-17-12-6-7-24-15(12)16(18)20-21-17/h4-8H,3,9H2,1-2H3,(H,19,21). The Morgan fingerprint density at radius 2 is 2.17 bits per heavy atom. The summed E-state index contributed by atoms with van der Waals surface area (Å²) in [5.74, 6) is 0.443. The number of nitrogens with one attached hydrogen (secondary N) is 1. The number of aromatic nitrogens is 2. The van der Waals surface area contributed by atoms with Crippen molar-refractivity contribution in [3.63, 3.8) is 0 Å². The van der Waals surface area contributed by atoms with Crippen LogP contribution in [-0.4, -0.2) is 22.8 Å². The highest BCUT2D eigenvalue weighted by molar-refractivity contribution is 7.17. The molecule has 3 aromatic rings. The van der Waals surface area contributed by atoms with E-state index in [4.69, 9.17) is 16.3 Å². The monoisotopic (exact) mass is 361 g/mol. The molecular formula is C17H16ClN3O2S. The Balaban J connectivity index is 1.83. The number of aryl methyl sites for hydroxylation is 1. The highest BCUT2D eigenvalue weighted by Gasteiger charge is 2.11. The minimum absolute atomic E-state index is 0.221. The lowest BCUT2D eigenvalue weighted by atomic mass is 10.1. The summed E-state index contributed by atoms with van der Waals surface area (Å²) in [5, 5.41) is 14.7. The van der Waals surface area contributed by atoms with Crippen LogP contribution in [0.1, 0.15) is 18.1 Å². The molecule has 0 unspecified atom stereocenters. The Kier molecular flexibility index (Phi) is 4.97. The molecule has 1 N–H and O–H groups in total. The van der Waals surface area contributed by atoms with Crippen molar-refractivity contribution < 1.29 is 9.53 Å². The van der Waals surface area contributed by atoms with Gasteiger partial charge in [-0.3, -0.25) is 4.79 Å². The molecule has 0 saturated carbocycles. The SMILES string of the molecule is CCOC(=O)Cc1ccc(Nc2nnc(Cl)c3sccc23)c(C)c1. The van der Waals surface area contributed by atoms with Gasteiger partial charge in [0, 0.05) is 11.1 Å². The fourth-order valence-electron chi connectivity index (χ4n) is 2.42. The summed E-state index contributed by atoms with van der Waals surface area (Å²) in [6.07, 6.45) is 0.268. The number of esters is 1. The molecule has 24 heavy (non-hydrogen) atoms. The zero-order valence-electron chi connectivity index (χ0n) is 13.3. The van der Waals surface area contributed by atoms with E-state index in [0.717, 1.165) is 26.9 Å². The molecule has 3 rings (SSSR count). The van der Waals surface area contributed by atoms with Gasteiger partial charge in [0.1, 0.15) is 0 Å². The molecule has 5 nitrogen and oxygen atoms in total. The third kappa shape index (κ3) is 3.49. The average Bonchev–Trinajstić information content (AvgIpc) is 3.03. The Hall–Kier alpha value is -2.18. The van der Waals surface area contributed by atoms with Crippen LogP contribution in [0.5, 0.6) is 0 Å². The predicted molar refractivity (Wildman–Crippen MR) is 97.2 cm³/mol. The largest absolute Gasteiger partial charge is 0.466 e. The van der Waals surface area contributed by atoms with E-state index in [2.05, 4.69) is 15.5 Å². The van der Waals surface area contributed by atoms with Crippen LogP contribution in [0.25, 0.3) is 10.1 Å². The van der Waals surface area contributed by atoms with Crippen LogP contribution in [0, 0.1) is 6.92 Å². The zero-order valence-corrected chi connectivity index (χ0v) is 14.9. The molecule has 124 valence electrons. The van der Waals surface area contributed by atoms with Crippen molar-refractivity contribution in [1.82, 2.24) is 10.2 Å². The molecule has 0 atom stereocenters. The second kappa shape index (κ2) is 7.15. The van der Waals surface area contributed by atoms with E-state index in [0.29, 0.717) is 17.6 Å². The molecule has 0 aliphatic heterocycles. The quantitative estimate of drug-likeness (QED) is 0.678. The van der Waals surface area contributed by atoms with Gasteiger partial charge in [0.2, 0.25) is 0 Å². The Morgan fingerprint density at radius 3 is 2.92 bits per heavy atom. The Morgan fingerprint density at radius 1 is 1.33 bits per heavy atom. The average molecular weight is 362 g/mol. The molecular weight excluding hydrogens is 346 g/mol. The van der Waals surface area contributed by atoms with Gasteiger partial charge in [0.05, 0.1) is 17.7 Å². The number of nitrogens with zero attached hydrogens (tertiary/aromatic N) is 2. The number of anilines is 2. The van der Waals surface area contributed by atoms with Crippen molar-refractivity contribution in [3.05, 3.63) is 45.9 Å². The van der Waals surface area contributed by atoms with E-state index in [1.165, 1.54) is 11.3 Å². The molecule has 0 radical (unpaired) electrons. The molecule has 0 aliphatic carbocycles. The highest BCUT2D eigenvalue weighted by atomic mass is 35.5. The van der Waals surface area contributed by atoms with E-state index in [1.54, 1.807) is 6.92 Å². The first-order chi connectivity index (χ1) is 11.6. The van der Waals surface area contributed by atoms with Crippen LogP contribution < -0.4 is 5.32 Å². The highest BCUT2D eigenvalue weighted by Crippen LogP contribution is 2.32. The van der Waals surface area contributed by atoms with Crippen molar-refractivity contribution in [2.24, 2.45) is 0 Å². The van der Waals surface area contributed by atoms with Gasteiger partial charge in [-0.05, 0) is 42.5 Å². The van der Waals surface area contributed by atoms with E-state index >= 15 is 0 Å². The molecule has 0 saturated heterocycles. The van der Waals surface area contributed by atoms with Crippen LogP contribution in [0.15, 0.2) is 29.6 Å². The van der Waals surface area contributed by atoms with Gasteiger partial charge in [-0.1, -0.05) is 23.7 Å². The molecule has 0 spiro atoms. The summed E-state index contributed by atoms with van der Waals surface area (Å²) in [4.78, 5) is 11.6. The van der Waals surface area contributed by atoms with Gasteiger partial charge < -0.3 is 10.1 Å². The van der Waals surface area contributed by atoms with Gasteiger partial charge in [-0.15, -0.1) is 21.5 Å². The second-order valence-electron chi connectivity index (χ2n) is 5.26. The molecule has 7 heteroatoms. The Bertz CT molecular complexity index is 895. The summed E-state index contributed by atoms with van der Waals surface area (Å²) in [6.45, 7) is 4.17. The number of carbonyl (C=O) groups is 1. The molecule has 0 fully saturated rings. The lowest BCUT2D eigenvalue weighted by Crippen LogP contribution is -2.08. The smallest absolute Gasteiger partial charge is 0.310 e. The molecule has 1 aromatic carbocycles. The van der Waals surface area contributed by atoms with Gasteiger partial charge >= 0.3 is 5.97 Å². The van der Waals surface area contributed by atoms with Crippen molar-refractivity contribution >= 4 is 50.5 Å². The second-order valence-corrected chi connectivity index (χ2v) is 6.53. The van der Waals surface area contributed by atoms with Gasteiger partial charge in [0.25, 0.3) is 0 Å². The normalized spacial score (nSPS) is 10.8. The first kappa shape index (κ1) is 16.7. The third-order valence-corrected chi connectivity index (χ3v) is 4.84. The fraction of sp³-hybridized carbons (Fsp3) is 0.235. The molecule has 0 aliphatic rings. The number of hydrogen-bond donors (Lipinski definition) is 1. The number of hydrogen-bond acceptors (Lipinski definition) is 6. The predicted octanol–water partition coefficient (Wildman–Crippen LogP) is 4.50. The number of thiophene rings is 1. The molecule has 2 aromatic heterocycles. The molecule has 2 heterocycles. The van der Waals surface area contributed by atoms with Crippen LogP contribution in [0.2, 0.25) is 5.15 Å². The van der Waals surface area contributed by atoms with Gasteiger partial charge in [0.15, 0.2) is 11.0 Å². The van der Waals surface area contributed by atoms with Crippen molar-refractivity contribution in [1.29, 1.82) is 0 Å². The summed E-state index contributed by atoms with van der Waals surface area (Å²) < 4.78 is 5.89. The minimum Gasteiger partial charge on any atom is -0.466 e. The number of benzene rings is 1. The Labute approximate surface area is 148 Å². The lowest BCUT2D eigenvalue weighted by molar-refractivity contribution is -0.142. The van der Waals surface area contributed by atoms with E-state index in [1.807, 2.05) is 36.6 Å². The maximum Gasteiger partial charge on any atom is 0.310 e. The first-order valence-electron chi connectivity index (χ1n) is 7.50. The number of fused-ring (bicyclic) bond motifs is 1. The van der Waals surface area contributed by atoms with E-state index < -0.39 is 0 Å². The number of halogens is 1. The maximum atomic E-state index is 11.6. The van der Waals surface area contributed by atoms with Gasteiger partial charge in [-0.2, -0.15) is 0 Å². The molecule has 0 bridgehead atoms. The van der Waals surface area contributed by atoms with E-state index in [9.17, 15) is 4.79 Å². The van der Waals surface area contributed by atoms with Crippen LogP contribution in [-0.2, 0) is 16.0 Å². The van der Waals surface area contributed by atoms with Gasteiger partial charge in [-0.25, -0.2) is 0 Å².